The number of amides is 1. The highest BCUT2D eigenvalue weighted by Gasteiger charge is 2.38. The zero-order valence-corrected chi connectivity index (χ0v) is 17.5. The molecule has 1 unspecified atom stereocenters. The molecule has 0 N–H and O–H groups in total. The van der Waals surface area contributed by atoms with Gasteiger partial charge in [0.05, 0.1) is 29.2 Å². The summed E-state index contributed by atoms with van der Waals surface area (Å²) in [6.45, 7) is 2.38. The lowest BCUT2D eigenvalue weighted by atomic mass is 9.86. The first-order chi connectivity index (χ1) is 13.5. The number of nitrogens with zero attached hydrogens (tertiary/aromatic N) is 3. The number of aryl methyl sites for hydroxylation is 1. The van der Waals surface area contributed by atoms with Crippen LogP contribution in [0.4, 0.5) is 5.69 Å². The highest BCUT2D eigenvalue weighted by Crippen LogP contribution is 2.43. The summed E-state index contributed by atoms with van der Waals surface area (Å²) in [6, 6.07) is 15.6. The van der Waals surface area contributed by atoms with Crippen molar-refractivity contribution in [2.75, 3.05) is 17.4 Å². The number of rotatable bonds is 2. The predicted molar refractivity (Wildman–Crippen MR) is 114 cm³/mol. The summed E-state index contributed by atoms with van der Waals surface area (Å²) in [5, 5.41) is 11.9. The Morgan fingerprint density at radius 3 is 2.61 bits per heavy atom. The molecule has 2 aromatic rings. The number of carbonyl (C=O) groups is 1. The third kappa shape index (κ3) is 3.48. The van der Waals surface area contributed by atoms with E-state index in [1.54, 1.807) is 17.0 Å². The second-order valence-corrected chi connectivity index (χ2v) is 8.63. The van der Waals surface area contributed by atoms with Crippen LogP contribution in [-0.2, 0) is 4.79 Å². The highest BCUT2D eigenvalue weighted by atomic mass is 35.5. The van der Waals surface area contributed by atoms with Crippen molar-refractivity contribution in [3.05, 3.63) is 74.2 Å². The van der Waals surface area contributed by atoms with Gasteiger partial charge in [-0.2, -0.15) is 5.26 Å². The molecule has 0 radical (unpaired) electrons. The number of hydrogen-bond acceptors (Lipinski definition) is 4. The average Bonchev–Trinajstić information content (AvgIpc) is 2.70. The van der Waals surface area contributed by atoms with E-state index < -0.39 is 0 Å². The van der Waals surface area contributed by atoms with Crippen molar-refractivity contribution in [1.82, 2.24) is 4.90 Å². The number of benzene rings is 2. The molecule has 4 rings (SSSR count). The molecule has 142 valence electrons. The Labute approximate surface area is 178 Å². The summed E-state index contributed by atoms with van der Waals surface area (Å²) in [6.07, 6.45) is 0.275. The number of allylic oxidation sites excluding steroid dienone is 1. The van der Waals surface area contributed by atoms with Crippen molar-refractivity contribution in [1.29, 1.82) is 5.26 Å². The Hall–Kier alpha value is -2.13. The SMILES string of the molecule is Cc1ccc(N2CSC3=C(C#N)C(c4ccc(Cl)cc4)CC(=O)N3C2)cc1Cl. The summed E-state index contributed by atoms with van der Waals surface area (Å²) in [4.78, 5) is 16.7. The maximum Gasteiger partial charge on any atom is 0.229 e. The van der Waals surface area contributed by atoms with Gasteiger partial charge in [0.2, 0.25) is 5.91 Å². The van der Waals surface area contributed by atoms with Gasteiger partial charge in [-0.15, -0.1) is 0 Å². The molecule has 1 fully saturated rings. The number of halogens is 2. The number of hydrogen-bond donors (Lipinski definition) is 0. The van der Waals surface area contributed by atoms with Gasteiger partial charge in [-0.1, -0.05) is 53.2 Å². The van der Waals surface area contributed by atoms with E-state index in [2.05, 4.69) is 11.0 Å². The monoisotopic (exact) mass is 429 g/mol. The van der Waals surface area contributed by atoms with E-state index in [1.165, 1.54) is 11.8 Å². The molecule has 2 heterocycles. The Balaban J connectivity index is 1.65. The molecule has 0 bridgehead atoms. The normalized spacial score (nSPS) is 19.5. The van der Waals surface area contributed by atoms with Gasteiger partial charge < -0.3 is 4.90 Å². The topological polar surface area (TPSA) is 47.3 Å². The summed E-state index contributed by atoms with van der Waals surface area (Å²) < 4.78 is 0. The summed E-state index contributed by atoms with van der Waals surface area (Å²) >= 11 is 13.8. The molecule has 0 spiro atoms. The molecule has 1 atom stereocenters. The highest BCUT2D eigenvalue weighted by molar-refractivity contribution is 8.03. The van der Waals surface area contributed by atoms with Crippen molar-refractivity contribution < 1.29 is 4.79 Å². The molecule has 0 saturated carbocycles. The van der Waals surface area contributed by atoms with E-state index in [1.807, 2.05) is 37.3 Å². The quantitative estimate of drug-likeness (QED) is 0.630. The standard InChI is InChI=1S/C21H17Cl2N3OS/c1-13-2-7-16(8-19(13)23)25-11-26-20(27)9-17(14-3-5-15(22)6-4-14)18(10-24)21(26)28-12-25/h2-8,17H,9,11-12H2,1H3. The molecular weight excluding hydrogens is 413 g/mol. The van der Waals surface area contributed by atoms with Crippen LogP contribution in [-0.4, -0.2) is 23.4 Å². The average molecular weight is 430 g/mol. The minimum absolute atomic E-state index is 0.0179. The number of fused-ring (bicyclic) bond motifs is 1. The molecule has 0 aromatic heterocycles. The van der Waals surface area contributed by atoms with Crippen LogP contribution in [0.2, 0.25) is 10.0 Å². The van der Waals surface area contributed by atoms with Crippen molar-refractivity contribution in [3.63, 3.8) is 0 Å². The number of thioether (sulfide) groups is 1. The van der Waals surface area contributed by atoms with E-state index in [9.17, 15) is 10.1 Å². The number of anilines is 1. The van der Waals surface area contributed by atoms with Gasteiger partial charge >= 0.3 is 0 Å². The molecule has 4 nitrogen and oxygen atoms in total. The Kier molecular flexibility index (Phi) is 5.29. The van der Waals surface area contributed by atoms with Gasteiger partial charge in [0.25, 0.3) is 0 Å². The maximum atomic E-state index is 12.9. The third-order valence-electron chi connectivity index (χ3n) is 5.09. The van der Waals surface area contributed by atoms with Crippen molar-refractivity contribution >= 4 is 46.6 Å². The lowest BCUT2D eigenvalue weighted by Gasteiger charge is -2.42. The van der Waals surface area contributed by atoms with Crippen LogP contribution in [0.5, 0.6) is 0 Å². The van der Waals surface area contributed by atoms with E-state index in [0.717, 1.165) is 21.8 Å². The second kappa shape index (κ2) is 7.71. The fourth-order valence-corrected chi connectivity index (χ4v) is 4.95. The predicted octanol–water partition coefficient (Wildman–Crippen LogP) is 5.52. The van der Waals surface area contributed by atoms with Crippen LogP contribution in [0.3, 0.4) is 0 Å². The van der Waals surface area contributed by atoms with Gasteiger partial charge in [0.1, 0.15) is 0 Å². The van der Waals surface area contributed by atoms with Crippen LogP contribution in [0.25, 0.3) is 0 Å². The van der Waals surface area contributed by atoms with Gasteiger partial charge in [-0.05, 0) is 42.3 Å². The largest absolute Gasteiger partial charge is 0.344 e. The molecule has 7 heteroatoms. The molecule has 28 heavy (non-hydrogen) atoms. The lowest BCUT2D eigenvalue weighted by Crippen LogP contribution is -2.47. The number of nitriles is 1. The van der Waals surface area contributed by atoms with Crippen LogP contribution in [0, 0.1) is 18.3 Å². The fourth-order valence-electron chi connectivity index (χ4n) is 3.48. The summed E-state index contributed by atoms with van der Waals surface area (Å²) in [5.74, 6) is 0.440. The van der Waals surface area contributed by atoms with Crippen LogP contribution in [0.1, 0.15) is 23.5 Å². The van der Waals surface area contributed by atoms with E-state index in [4.69, 9.17) is 23.2 Å². The van der Waals surface area contributed by atoms with Crippen LogP contribution >= 0.6 is 35.0 Å². The first kappa shape index (κ1) is 19.2. The molecule has 0 aliphatic carbocycles. The van der Waals surface area contributed by atoms with Crippen molar-refractivity contribution in [3.8, 4) is 6.07 Å². The first-order valence-corrected chi connectivity index (χ1v) is 10.6. The van der Waals surface area contributed by atoms with Crippen LogP contribution < -0.4 is 4.90 Å². The molecular formula is C21H17Cl2N3OS. The van der Waals surface area contributed by atoms with E-state index in [-0.39, 0.29) is 18.2 Å². The Morgan fingerprint density at radius 1 is 1.18 bits per heavy atom. The van der Waals surface area contributed by atoms with Gasteiger partial charge in [-0.3, -0.25) is 9.69 Å². The molecule has 1 saturated heterocycles. The lowest BCUT2D eigenvalue weighted by molar-refractivity contribution is -0.129. The van der Waals surface area contributed by atoms with Gasteiger partial charge in [-0.25, -0.2) is 0 Å². The minimum Gasteiger partial charge on any atom is -0.344 e. The second-order valence-electron chi connectivity index (χ2n) is 6.85. The van der Waals surface area contributed by atoms with Gasteiger partial charge in [0, 0.05) is 28.1 Å². The zero-order valence-electron chi connectivity index (χ0n) is 15.2. The van der Waals surface area contributed by atoms with Crippen LogP contribution in [0.15, 0.2) is 53.1 Å². The minimum atomic E-state index is -0.228. The fraction of sp³-hybridized carbons (Fsp3) is 0.238. The zero-order chi connectivity index (χ0) is 19.8. The molecule has 2 aliphatic rings. The summed E-state index contributed by atoms with van der Waals surface area (Å²) in [7, 11) is 0. The molecule has 2 aliphatic heterocycles. The first-order valence-electron chi connectivity index (χ1n) is 8.82. The summed E-state index contributed by atoms with van der Waals surface area (Å²) in [5.41, 5.74) is 3.57. The maximum absolute atomic E-state index is 12.9. The third-order valence-corrected chi connectivity index (χ3v) is 6.90. The smallest absolute Gasteiger partial charge is 0.229 e. The van der Waals surface area contributed by atoms with E-state index in [0.29, 0.717) is 28.2 Å². The number of carbonyl (C=O) groups excluding carboxylic acids is 1. The van der Waals surface area contributed by atoms with Gasteiger partial charge in [0.15, 0.2) is 0 Å². The molecule has 2 aromatic carbocycles. The van der Waals surface area contributed by atoms with Crippen molar-refractivity contribution in [2.45, 2.75) is 19.3 Å². The Morgan fingerprint density at radius 2 is 1.93 bits per heavy atom. The van der Waals surface area contributed by atoms with Crippen molar-refractivity contribution in [2.24, 2.45) is 0 Å². The van der Waals surface area contributed by atoms with E-state index >= 15 is 0 Å². The molecule has 1 amide bonds. The Bertz CT molecular complexity index is 1010.